The number of amides is 1. The number of hydrogen-bond acceptors (Lipinski definition) is 3. The van der Waals surface area contributed by atoms with E-state index in [1.807, 2.05) is 0 Å². The van der Waals surface area contributed by atoms with Gasteiger partial charge in [-0.15, -0.1) is 0 Å². The second-order valence-corrected chi connectivity index (χ2v) is 8.59. The lowest BCUT2D eigenvalue weighted by atomic mass is 9.94. The smallest absolute Gasteiger partial charge is 0.342 e. The molecule has 8 heteroatoms. The van der Waals surface area contributed by atoms with Gasteiger partial charge < -0.3 is 4.90 Å². The summed E-state index contributed by atoms with van der Waals surface area (Å²) in [5, 5.41) is 0. The lowest BCUT2D eigenvalue weighted by Crippen LogP contribution is -2.41. The van der Waals surface area contributed by atoms with Crippen molar-refractivity contribution in [2.24, 2.45) is 0 Å². The van der Waals surface area contributed by atoms with E-state index in [1.54, 1.807) is 7.05 Å². The van der Waals surface area contributed by atoms with Crippen LogP contribution in [0.2, 0.25) is 0 Å². The van der Waals surface area contributed by atoms with E-state index in [-0.39, 0.29) is 11.6 Å². The molecule has 1 amide bonds. The molecule has 1 aromatic carbocycles. The maximum absolute atomic E-state index is 12.5. The molecule has 1 aromatic rings. The monoisotopic (exact) mass is 377 g/mol. The zero-order valence-corrected chi connectivity index (χ0v) is 14.9. The van der Waals surface area contributed by atoms with E-state index in [9.17, 15) is 26.4 Å². The van der Waals surface area contributed by atoms with Crippen molar-refractivity contribution in [3.63, 3.8) is 0 Å². The van der Waals surface area contributed by atoms with E-state index in [0.29, 0.717) is 0 Å². The Morgan fingerprint density at radius 1 is 1.12 bits per heavy atom. The molecule has 1 aliphatic carbocycles. The second kappa shape index (κ2) is 7.76. The molecule has 1 fully saturated rings. The van der Waals surface area contributed by atoms with Gasteiger partial charge in [0.25, 0.3) is 0 Å². The number of nitrogens with zero attached hydrogens (tertiary/aromatic N) is 1. The highest BCUT2D eigenvalue weighted by atomic mass is 32.2. The number of halogens is 3. The van der Waals surface area contributed by atoms with Crippen LogP contribution in [0, 0.1) is 0 Å². The summed E-state index contributed by atoms with van der Waals surface area (Å²) in [6.45, 7) is 0. The molecule has 25 heavy (non-hydrogen) atoms. The molecule has 0 radical (unpaired) electrons. The van der Waals surface area contributed by atoms with Gasteiger partial charge in [-0.2, -0.15) is 13.2 Å². The van der Waals surface area contributed by atoms with Gasteiger partial charge in [0.1, 0.15) is 5.75 Å². The Balaban J connectivity index is 1.97. The lowest BCUT2D eigenvalue weighted by Gasteiger charge is -2.31. The van der Waals surface area contributed by atoms with Gasteiger partial charge in [0.05, 0.1) is 11.3 Å². The van der Waals surface area contributed by atoms with Crippen molar-refractivity contribution in [3.05, 3.63) is 35.4 Å². The largest absolute Gasteiger partial charge is 0.416 e. The topological polar surface area (TPSA) is 54.5 Å². The fraction of sp³-hybridized carbons (Fsp3) is 0.588. The van der Waals surface area contributed by atoms with Gasteiger partial charge in [0, 0.05) is 13.1 Å². The Morgan fingerprint density at radius 2 is 1.68 bits per heavy atom. The number of alkyl halides is 3. The van der Waals surface area contributed by atoms with E-state index in [2.05, 4.69) is 0 Å². The summed E-state index contributed by atoms with van der Waals surface area (Å²) in [7, 11) is -2.12. The first kappa shape index (κ1) is 19.8. The summed E-state index contributed by atoms with van der Waals surface area (Å²) in [6, 6.07) is 4.04. The fourth-order valence-electron chi connectivity index (χ4n) is 3.06. The predicted molar refractivity (Wildman–Crippen MR) is 88.6 cm³/mol. The normalized spacial score (nSPS) is 16.6. The average Bonchev–Trinajstić information content (AvgIpc) is 2.53. The van der Waals surface area contributed by atoms with Gasteiger partial charge in [-0.3, -0.25) is 4.79 Å². The molecule has 4 nitrogen and oxygen atoms in total. The number of sulfone groups is 1. The Bertz CT molecular complexity index is 693. The van der Waals surface area contributed by atoms with Gasteiger partial charge in [-0.05, 0) is 30.5 Å². The quantitative estimate of drug-likeness (QED) is 0.790. The van der Waals surface area contributed by atoms with Crippen molar-refractivity contribution < 1.29 is 26.4 Å². The fourth-order valence-corrected chi connectivity index (χ4v) is 4.44. The molecule has 1 saturated carbocycles. The summed E-state index contributed by atoms with van der Waals surface area (Å²) < 4.78 is 62.0. The van der Waals surface area contributed by atoms with Crippen LogP contribution in [0.4, 0.5) is 13.2 Å². The van der Waals surface area contributed by atoms with Gasteiger partial charge in [0.15, 0.2) is 9.84 Å². The number of carbonyl (C=O) groups is 1. The Morgan fingerprint density at radius 3 is 2.20 bits per heavy atom. The third-order valence-corrected chi connectivity index (χ3v) is 5.99. The minimum absolute atomic E-state index is 0.0718. The number of hydrogen-bond donors (Lipinski definition) is 0. The first-order chi connectivity index (χ1) is 11.6. The minimum atomic E-state index is -4.46. The first-order valence-corrected chi connectivity index (χ1v) is 10.0. The zero-order chi connectivity index (χ0) is 18.7. The molecule has 0 spiro atoms. The SMILES string of the molecule is CN(C(=O)CS(=O)(=O)Cc1ccc(C(F)(F)F)cc1)C1CCCCC1. The highest BCUT2D eigenvalue weighted by Gasteiger charge is 2.30. The molecule has 0 aromatic heterocycles. The Labute approximate surface area is 145 Å². The summed E-state index contributed by atoms with van der Waals surface area (Å²) >= 11 is 0. The summed E-state index contributed by atoms with van der Waals surface area (Å²) in [5.41, 5.74) is -0.595. The molecule has 0 heterocycles. The highest BCUT2D eigenvalue weighted by Crippen LogP contribution is 2.29. The van der Waals surface area contributed by atoms with Crippen molar-refractivity contribution in [1.29, 1.82) is 0 Å². The van der Waals surface area contributed by atoms with Gasteiger partial charge in [-0.25, -0.2) is 8.42 Å². The van der Waals surface area contributed by atoms with E-state index in [4.69, 9.17) is 0 Å². The zero-order valence-electron chi connectivity index (χ0n) is 14.1. The molecule has 2 rings (SSSR count). The van der Waals surface area contributed by atoms with E-state index < -0.39 is 39.0 Å². The van der Waals surface area contributed by atoms with Gasteiger partial charge in [0.2, 0.25) is 5.91 Å². The third kappa shape index (κ3) is 5.73. The standard InChI is InChI=1S/C17H22F3NO3S/c1-21(15-5-3-2-4-6-15)16(22)12-25(23,24)11-13-7-9-14(10-8-13)17(18,19)20/h7-10,15H,2-6,11-12H2,1H3. The van der Waals surface area contributed by atoms with Crippen LogP contribution >= 0.6 is 0 Å². The maximum atomic E-state index is 12.5. The predicted octanol–water partition coefficient (Wildman–Crippen LogP) is 3.41. The molecular formula is C17H22F3NO3S. The molecule has 0 atom stereocenters. The van der Waals surface area contributed by atoms with Crippen molar-refractivity contribution in [1.82, 2.24) is 4.90 Å². The molecule has 1 aliphatic rings. The number of rotatable bonds is 5. The van der Waals surface area contributed by atoms with Crippen molar-refractivity contribution in [2.45, 2.75) is 50.1 Å². The third-order valence-electron chi connectivity index (χ3n) is 4.53. The van der Waals surface area contributed by atoms with Crippen LogP contribution < -0.4 is 0 Å². The molecular weight excluding hydrogens is 355 g/mol. The molecule has 0 aliphatic heterocycles. The van der Waals surface area contributed by atoms with E-state index in [1.165, 1.54) is 4.90 Å². The first-order valence-electron chi connectivity index (χ1n) is 8.21. The number of carbonyl (C=O) groups excluding carboxylic acids is 1. The second-order valence-electron chi connectivity index (χ2n) is 6.52. The molecule has 0 N–H and O–H groups in total. The molecule has 0 unspecified atom stereocenters. The summed E-state index contributed by atoms with van der Waals surface area (Å²) in [6.07, 6.45) is 0.477. The van der Waals surface area contributed by atoms with Crippen LogP contribution in [0.1, 0.15) is 43.2 Å². The van der Waals surface area contributed by atoms with Crippen LogP contribution in [0.25, 0.3) is 0 Å². The minimum Gasteiger partial charge on any atom is -0.342 e. The van der Waals surface area contributed by atoms with Crippen LogP contribution in [-0.2, 0) is 26.6 Å². The van der Waals surface area contributed by atoms with Crippen LogP contribution in [0.5, 0.6) is 0 Å². The van der Waals surface area contributed by atoms with Crippen molar-refractivity contribution in [2.75, 3.05) is 12.8 Å². The van der Waals surface area contributed by atoms with E-state index >= 15 is 0 Å². The molecule has 0 bridgehead atoms. The summed E-state index contributed by atoms with van der Waals surface area (Å²) in [5.74, 6) is -1.53. The van der Waals surface area contributed by atoms with Crippen molar-refractivity contribution in [3.8, 4) is 0 Å². The lowest BCUT2D eigenvalue weighted by molar-refractivity contribution is -0.137. The van der Waals surface area contributed by atoms with Crippen LogP contribution in [-0.4, -0.2) is 38.1 Å². The number of benzene rings is 1. The van der Waals surface area contributed by atoms with Gasteiger partial charge >= 0.3 is 6.18 Å². The van der Waals surface area contributed by atoms with E-state index in [0.717, 1.165) is 56.4 Å². The Hall–Kier alpha value is -1.57. The van der Waals surface area contributed by atoms with Crippen LogP contribution in [0.15, 0.2) is 24.3 Å². The maximum Gasteiger partial charge on any atom is 0.416 e. The molecule has 140 valence electrons. The van der Waals surface area contributed by atoms with Gasteiger partial charge in [-0.1, -0.05) is 31.4 Å². The summed E-state index contributed by atoms with van der Waals surface area (Å²) in [4.78, 5) is 13.7. The van der Waals surface area contributed by atoms with Crippen molar-refractivity contribution >= 4 is 15.7 Å². The Kier molecular flexibility index (Phi) is 6.13. The molecule has 0 saturated heterocycles. The van der Waals surface area contributed by atoms with Crippen LogP contribution in [0.3, 0.4) is 0 Å². The highest BCUT2D eigenvalue weighted by molar-refractivity contribution is 7.91. The average molecular weight is 377 g/mol.